The van der Waals surface area contributed by atoms with Gasteiger partial charge in [0.2, 0.25) is 10.0 Å². The molecule has 1 unspecified atom stereocenters. The van der Waals surface area contributed by atoms with Crippen LogP contribution in [0, 0.1) is 0 Å². The number of nitrogens with zero attached hydrogens (tertiary/aromatic N) is 1. The molecule has 26 heavy (non-hydrogen) atoms. The van der Waals surface area contributed by atoms with Crippen molar-refractivity contribution < 1.29 is 18.3 Å². The Morgan fingerprint density at radius 2 is 2.00 bits per heavy atom. The van der Waals surface area contributed by atoms with Crippen molar-refractivity contribution in [2.75, 3.05) is 13.1 Å². The number of piperidine rings is 1. The van der Waals surface area contributed by atoms with Crippen LogP contribution in [-0.2, 0) is 27.8 Å². The van der Waals surface area contributed by atoms with Crippen molar-refractivity contribution >= 4 is 27.3 Å². The molecule has 0 aliphatic carbocycles. The highest BCUT2D eigenvalue weighted by molar-refractivity contribution is 7.91. The number of carboxylic acids is 1. The molecule has 1 saturated heterocycles. The summed E-state index contributed by atoms with van der Waals surface area (Å²) >= 11 is 1.02. The Kier molecular flexibility index (Phi) is 6.08. The minimum absolute atomic E-state index is 0.137. The van der Waals surface area contributed by atoms with Gasteiger partial charge in [-0.25, -0.2) is 13.1 Å². The van der Waals surface area contributed by atoms with E-state index >= 15 is 0 Å². The number of hydrogen-bond donors (Lipinski definition) is 2. The largest absolute Gasteiger partial charge is 0.481 e. The van der Waals surface area contributed by atoms with Gasteiger partial charge in [0.1, 0.15) is 4.21 Å². The van der Waals surface area contributed by atoms with Crippen LogP contribution in [-0.4, -0.2) is 43.5 Å². The lowest BCUT2D eigenvalue weighted by Gasteiger charge is -2.32. The number of sulfonamides is 1. The summed E-state index contributed by atoms with van der Waals surface area (Å²) in [5.74, 6) is -0.965. The maximum absolute atomic E-state index is 12.6. The molecule has 1 atom stereocenters. The number of aliphatic carboxylic acids is 1. The summed E-state index contributed by atoms with van der Waals surface area (Å²) in [6, 6.07) is 13.0. The smallest absolute Gasteiger partial charge is 0.308 e. The van der Waals surface area contributed by atoms with Crippen LogP contribution in [0.25, 0.3) is 0 Å². The molecule has 0 spiro atoms. The number of carbonyl (C=O) groups is 1. The first-order valence-electron chi connectivity index (χ1n) is 8.51. The minimum Gasteiger partial charge on any atom is -0.481 e. The molecule has 1 aromatic carbocycles. The van der Waals surface area contributed by atoms with Crippen LogP contribution >= 0.6 is 11.3 Å². The maximum Gasteiger partial charge on any atom is 0.308 e. The lowest BCUT2D eigenvalue weighted by Crippen LogP contribution is -2.47. The molecule has 2 N–H and O–H groups in total. The summed E-state index contributed by atoms with van der Waals surface area (Å²) in [6.45, 7) is 2.43. The molecule has 2 heterocycles. The normalized spacial score (nSPS) is 18.7. The Bertz CT molecular complexity index is 849. The predicted molar refractivity (Wildman–Crippen MR) is 101 cm³/mol. The second-order valence-electron chi connectivity index (χ2n) is 6.47. The van der Waals surface area contributed by atoms with Crippen molar-refractivity contribution in [2.24, 2.45) is 0 Å². The van der Waals surface area contributed by atoms with Crippen LogP contribution in [0.2, 0.25) is 0 Å². The van der Waals surface area contributed by atoms with E-state index in [0.29, 0.717) is 11.4 Å². The fourth-order valence-electron chi connectivity index (χ4n) is 3.16. The molecule has 3 rings (SSSR count). The first kappa shape index (κ1) is 19.0. The van der Waals surface area contributed by atoms with Crippen molar-refractivity contribution in [1.29, 1.82) is 0 Å². The Labute approximate surface area is 157 Å². The lowest BCUT2D eigenvalue weighted by atomic mass is 10.1. The van der Waals surface area contributed by atoms with Gasteiger partial charge in [-0.2, -0.15) is 0 Å². The number of likely N-dealkylation sites (tertiary alicyclic amines) is 1. The van der Waals surface area contributed by atoms with Gasteiger partial charge >= 0.3 is 5.97 Å². The van der Waals surface area contributed by atoms with Gasteiger partial charge < -0.3 is 5.11 Å². The molecule has 1 aromatic heterocycles. The number of carboxylic acid groups (broad SMARTS) is 1. The third kappa shape index (κ3) is 5.14. The zero-order valence-electron chi connectivity index (χ0n) is 14.3. The average Bonchev–Trinajstić information content (AvgIpc) is 3.04. The molecule has 6 nitrogen and oxygen atoms in total. The van der Waals surface area contributed by atoms with Crippen molar-refractivity contribution in [1.82, 2.24) is 9.62 Å². The second-order valence-corrected chi connectivity index (χ2v) is 9.58. The van der Waals surface area contributed by atoms with E-state index in [1.54, 1.807) is 6.07 Å². The van der Waals surface area contributed by atoms with Crippen LogP contribution < -0.4 is 4.72 Å². The van der Waals surface area contributed by atoms with E-state index < -0.39 is 16.0 Å². The van der Waals surface area contributed by atoms with E-state index in [2.05, 4.69) is 21.8 Å². The van der Waals surface area contributed by atoms with E-state index in [1.807, 2.05) is 18.2 Å². The monoisotopic (exact) mass is 394 g/mol. The Hall–Kier alpha value is -1.74. The zero-order valence-corrected chi connectivity index (χ0v) is 15.9. The van der Waals surface area contributed by atoms with Crippen LogP contribution in [0.5, 0.6) is 0 Å². The topological polar surface area (TPSA) is 86.7 Å². The standard InChI is InChI=1S/C18H22N2O4S2/c21-17(22)11-16-8-9-18(25-16)26(23,24)19-15-7-4-10-20(13-15)12-14-5-2-1-3-6-14/h1-3,5-6,8-9,15,19H,4,7,10-13H2,(H,21,22). The van der Waals surface area contributed by atoms with Gasteiger partial charge in [0.25, 0.3) is 0 Å². The summed E-state index contributed by atoms with van der Waals surface area (Å²) in [4.78, 5) is 13.6. The van der Waals surface area contributed by atoms with Gasteiger partial charge in [0, 0.05) is 24.0 Å². The zero-order chi connectivity index (χ0) is 18.6. The molecule has 140 valence electrons. The van der Waals surface area contributed by atoms with E-state index in [9.17, 15) is 13.2 Å². The molecule has 8 heteroatoms. The number of benzene rings is 1. The Balaban J connectivity index is 1.61. The van der Waals surface area contributed by atoms with Crippen molar-refractivity contribution in [3.05, 3.63) is 52.9 Å². The third-order valence-corrected chi connectivity index (χ3v) is 7.40. The molecule has 1 aliphatic heterocycles. The maximum atomic E-state index is 12.6. The van der Waals surface area contributed by atoms with E-state index in [0.717, 1.165) is 37.3 Å². The molecule has 0 bridgehead atoms. The van der Waals surface area contributed by atoms with Crippen molar-refractivity contribution in [3.63, 3.8) is 0 Å². The van der Waals surface area contributed by atoms with E-state index in [1.165, 1.54) is 11.6 Å². The Morgan fingerprint density at radius 3 is 2.73 bits per heavy atom. The highest BCUT2D eigenvalue weighted by Gasteiger charge is 2.26. The highest BCUT2D eigenvalue weighted by atomic mass is 32.2. The van der Waals surface area contributed by atoms with Crippen LogP contribution in [0.1, 0.15) is 23.3 Å². The van der Waals surface area contributed by atoms with Gasteiger partial charge in [-0.15, -0.1) is 11.3 Å². The van der Waals surface area contributed by atoms with Crippen LogP contribution in [0.15, 0.2) is 46.7 Å². The summed E-state index contributed by atoms with van der Waals surface area (Å²) in [5, 5.41) is 8.83. The predicted octanol–water partition coefficient (Wildman–Crippen LogP) is 2.32. The third-order valence-electron chi connectivity index (χ3n) is 4.30. The van der Waals surface area contributed by atoms with Gasteiger partial charge in [0.05, 0.1) is 6.42 Å². The van der Waals surface area contributed by atoms with Crippen LogP contribution in [0.4, 0.5) is 0 Å². The van der Waals surface area contributed by atoms with E-state index in [4.69, 9.17) is 5.11 Å². The summed E-state index contributed by atoms with van der Waals surface area (Å²) in [6.07, 6.45) is 1.58. The number of thiophene rings is 1. The molecular formula is C18H22N2O4S2. The SMILES string of the molecule is O=C(O)Cc1ccc(S(=O)(=O)NC2CCCN(Cc3ccccc3)C2)s1. The quantitative estimate of drug-likeness (QED) is 0.753. The van der Waals surface area contributed by atoms with Gasteiger partial charge in [0.15, 0.2) is 0 Å². The second kappa shape index (κ2) is 8.30. The van der Waals surface area contributed by atoms with Crippen LogP contribution in [0.3, 0.4) is 0 Å². The molecule has 1 aliphatic rings. The number of nitrogens with one attached hydrogen (secondary N) is 1. The summed E-state index contributed by atoms with van der Waals surface area (Å²) in [7, 11) is -3.62. The molecule has 0 amide bonds. The first-order valence-corrected chi connectivity index (χ1v) is 10.8. The van der Waals surface area contributed by atoms with Gasteiger partial charge in [-0.05, 0) is 37.1 Å². The first-order chi connectivity index (χ1) is 12.4. The average molecular weight is 395 g/mol. The van der Waals surface area contributed by atoms with Gasteiger partial charge in [-0.1, -0.05) is 30.3 Å². The fraction of sp³-hybridized carbons (Fsp3) is 0.389. The van der Waals surface area contributed by atoms with Gasteiger partial charge in [-0.3, -0.25) is 9.69 Å². The summed E-state index contributed by atoms with van der Waals surface area (Å²) in [5.41, 5.74) is 1.22. The molecule has 0 radical (unpaired) electrons. The Morgan fingerprint density at radius 1 is 1.23 bits per heavy atom. The van der Waals surface area contributed by atoms with Crippen molar-refractivity contribution in [3.8, 4) is 0 Å². The lowest BCUT2D eigenvalue weighted by molar-refractivity contribution is -0.136. The fourth-order valence-corrected chi connectivity index (χ4v) is 5.79. The molecule has 2 aromatic rings. The summed E-state index contributed by atoms with van der Waals surface area (Å²) < 4.78 is 28.2. The van der Waals surface area contributed by atoms with E-state index in [-0.39, 0.29) is 16.7 Å². The number of rotatable bonds is 7. The number of hydrogen-bond acceptors (Lipinski definition) is 5. The highest BCUT2D eigenvalue weighted by Crippen LogP contribution is 2.23. The molecular weight excluding hydrogens is 372 g/mol. The molecule has 0 saturated carbocycles. The molecule has 1 fully saturated rings. The van der Waals surface area contributed by atoms with Crippen molar-refractivity contribution in [2.45, 2.75) is 36.1 Å². The minimum atomic E-state index is -3.62.